The number of ether oxygens (including phenoxy) is 1. The van der Waals surface area contributed by atoms with Gasteiger partial charge in [-0.3, -0.25) is 9.59 Å². The lowest BCUT2D eigenvalue weighted by Gasteiger charge is -2.20. The van der Waals surface area contributed by atoms with Crippen LogP contribution in [0.5, 0.6) is 5.75 Å². The first kappa shape index (κ1) is 17.0. The molecule has 0 saturated heterocycles. The molecule has 1 atom stereocenters. The molecular formula is C19H20N2O4. The van der Waals surface area contributed by atoms with Crippen LogP contribution in [0.2, 0.25) is 0 Å². The Balaban J connectivity index is 1.65. The average molecular weight is 340 g/mol. The van der Waals surface area contributed by atoms with E-state index in [2.05, 4.69) is 5.32 Å². The summed E-state index contributed by atoms with van der Waals surface area (Å²) in [5.41, 5.74) is 2.31. The molecule has 0 bridgehead atoms. The van der Waals surface area contributed by atoms with Gasteiger partial charge in [-0.2, -0.15) is 0 Å². The van der Waals surface area contributed by atoms with Crippen LogP contribution < -0.4 is 10.1 Å². The maximum absolute atomic E-state index is 12.3. The first-order valence-electron chi connectivity index (χ1n) is 8.03. The van der Waals surface area contributed by atoms with Crippen LogP contribution in [0.15, 0.2) is 48.5 Å². The second-order valence-electron chi connectivity index (χ2n) is 5.90. The van der Waals surface area contributed by atoms with Crippen molar-refractivity contribution in [2.24, 2.45) is 0 Å². The minimum atomic E-state index is -0.553. The van der Waals surface area contributed by atoms with Gasteiger partial charge in [-0.1, -0.05) is 30.3 Å². The van der Waals surface area contributed by atoms with Crippen LogP contribution in [0.4, 0.5) is 0 Å². The zero-order valence-electron chi connectivity index (χ0n) is 13.9. The second-order valence-corrected chi connectivity index (χ2v) is 5.90. The molecular weight excluding hydrogens is 320 g/mol. The van der Waals surface area contributed by atoms with Gasteiger partial charge in [0.1, 0.15) is 12.3 Å². The molecule has 0 fully saturated rings. The summed E-state index contributed by atoms with van der Waals surface area (Å²) >= 11 is 0. The summed E-state index contributed by atoms with van der Waals surface area (Å²) in [7, 11) is 1.56. The Bertz CT molecular complexity index is 790. The standard InChI is InChI=1S/C19H20N2O4/c1-25-15-7-4-6-13(9-15)17(12-22)20-18(23)11-21-10-14-5-2-3-8-16(14)19(21)24/h2-9,17,22H,10-12H2,1H3,(H,20,23)/t17-/m1/s1. The highest BCUT2D eigenvalue weighted by molar-refractivity contribution is 6.00. The van der Waals surface area contributed by atoms with E-state index in [-0.39, 0.29) is 25.0 Å². The van der Waals surface area contributed by atoms with Crippen molar-refractivity contribution in [1.29, 1.82) is 0 Å². The second kappa shape index (κ2) is 7.36. The summed E-state index contributed by atoms with van der Waals surface area (Å²) in [6, 6.07) is 13.9. The lowest BCUT2D eigenvalue weighted by Crippen LogP contribution is -2.40. The Hall–Kier alpha value is -2.86. The molecule has 0 spiro atoms. The fourth-order valence-corrected chi connectivity index (χ4v) is 2.95. The van der Waals surface area contributed by atoms with E-state index in [0.29, 0.717) is 17.9 Å². The normalized spacial score (nSPS) is 14.2. The number of aliphatic hydroxyl groups excluding tert-OH is 1. The number of methoxy groups -OCH3 is 1. The molecule has 130 valence electrons. The van der Waals surface area contributed by atoms with Gasteiger partial charge in [-0.25, -0.2) is 0 Å². The van der Waals surface area contributed by atoms with Gasteiger partial charge in [-0.15, -0.1) is 0 Å². The van der Waals surface area contributed by atoms with Gasteiger partial charge in [-0.05, 0) is 29.3 Å². The number of nitrogens with one attached hydrogen (secondary N) is 1. The monoisotopic (exact) mass is 340 g/mol. The highest BCUT2D eigenvalue weighted by Gasteiger charge is 2.28. The van der Waals surface area contributed by atoms with E-state index in [1.54, 1.807) is 37.4 Å². The summed E-state index contributed by atoms with van der Waals surface area (Å²) in [6.45, 7) is 0.131. The van der Waals surface area contributed by atoms with Crippen LogP contribution in [0.25, 0.3) is 0 Å². The van der Waals surface area contributed by atoms with Crippen LogP contribution in [0.1, 0.15) is 27.5 Å². The lowest BCUT2D eigenvalue weighted by atomic mass is 10.1. The van der Waals surface area contributed by atoms with Crippen LogP contribution in [0, 0.1) is 0 Å². The van der Waals surface area contributed by atoms with E-state index in [1.165, 1.54) is 4.90 Å². The molecule has 0 radical (unpaired) electrons. The van der Waals surface area contributed by atoms with Crippen molar-refractivity contribution in [2.75, 3.05) is 20.3 Å². The maximum Gasteiger partial charge on any atom is 0.254 e. The third-order valence-electron chi connectivity index (χ3n) is 4.24. The van der Waals surface area contributed by atoms with E-state index < -0.39 is 6.04 Å². The molecule has 6 nitrogen and oxygen atoms in total. The van der Waals surface area contributed by atoms with Gasteiger partial charge in [0, 0.05) is 12.1 Å². The molecule has 0 aromatic heterocycles. The molecule has 2 N–H and O–H groups in total. The predicted octanol–water partition coefficient (Wildman–Crippen LogP) is 1.50. The molecule has 1 heterocycles. The quantitative estimate of drug-likeness (QED) is 0.835. The highest BCUT2D eigenvalue weighted by atomic mass is 16.5. The minimum absolute atomic E-state index is 0.0476. The van der Waals surface area contributed by atoms with Gasteiger partial charge in [0.15, 0.2) is 0 Å². The van der Waals surface area contributed by atoms with Crippen molar-refractivity contribution in [3.63, 3.8) is 0 Å². The van der Waals surface area contributed by atoms with Crippen molar-refractivity contribution < 1.29 is 19.4 Å². The Kier molecular flexibility index (Phi) is 5.00. The number of aliphatic hydroxyl groups is 1. The molecule has 6 heteroatoms. The molecule has 1 aliphatic rings. The number of carbonyl (C=O) groups excluding carboxylic acids is 2. The van der Waals surface area contributed by atoms with Gasteiger partial charge in [0.25, 0.3) is 5.91 Å². The smallest absolute Gasteiger partial charge is 0.254 e. The Morgan fingerprint density at radius 1 is 1.28 bits per heavy atom. The molecule has 2 aromatic carbocycles. The number of carbonyl (C=O) groups is 2. The zero-order valence-corrected chi connectivity index (χ0v) is 13.9. The van der Waals surface area contributed by atoms with E-state index in [9.17, 15) is 14.7 Å². The molecule has 25 heavy (non-hydrogen) atoms. The van der Waals surface area contributed by atoms with Crippen LogP contribution in [0.3, 0.4) is 0 Å². The van der Waals surface area contributed by atoms with E-state index in [1.807, 2.05) is 18.2 Å². The highest BCUT2D eigenvalue weighted by Crippen LogP contribution is 2.22. The summed E-state index contributed by atoms with van der Waals surface area (Å²) in [4.78, 5) is 26.2. The van der Waals surface area contributed by atoms with E-state index >= 15 is 0 Å². The molecule has 3 rings (SSSR count). The SMILES string of the molecule is COc1cccc([C@@H](CO)NC(=O)CN2Cc3ccccc3C2=O)c1. The molecule has 0 saturated carbocycles. The van der Waals surface area contributed by atoms with Crippen LogP contribution in [-0.4, -0.2) is 42.1 Å². The van der Waals surface area contributed by atoms with Crippen LogP contribution in [-0.2, 0) is 11.3 Å². The fourth-order valence-electron chi connectivity index (χ4n) is 2.95. The molecule has 2 amide bonds. The van der Waals surface area contributed by atoms with Crippen LogP contribution >= 0.6 is 0 Å². The van der Waals surface area contributed by atoms with Crippen molar-refractivity contribution >= 4 is 11.8 Å². The predicted molar refractivity (Wildman–Crippen MR) is 92.1 cm³/mol. The number of hydrogen-bond donors (Lipinski definition) is 2. The first-order chi connectivity index (χ1) is 12.1. The number of fused-ring (bicyclic) bond motifs is 1. The molecule has 2 aromatic rings. The van der Waals surface area contributed by atoms with Crippen molar-refractivity contribution in [3.05, 3.63) is 65.2 Å². The molecule has 0 unspecified atom stereocenters. The fraction of sp³-hybridized carbons (Fsp3) is 0.263. The lowest BCUT2D eigenvalue weighted by molar-refractivity contribution is -0.122. The number of nitrogens with zero attached hydrogens (tertiary/aromatic N) is 1. The Morgan fingerprint density at radius 2 is 2.08 bits per heavy atom. The van der Waals surface area contributed by atoms with Gasteiger partial charge < -0.3 is 20.1 Å². The van der Waals surface area contributed by atoms with Gasteiger partial charge in [0.2, 0.25) is 5.91 Å². The van der Waals surface area contributed by atoms with Crippen molar-refractivity contribution in [1.82, 2.24) is 10.2 Å². The van der Waals surface area contributed by atoms with Crippen molar-refractivity contribution in [3.8, 4) is 5.75 Å². The number of hydrogen-bond acceptors (Lipinski definition) is 4. The van der Waals surface area contributed by atoms with Gasteiger partial charge in [0.05, 0.1) is 19.8 Å². The van der Waals surface area contributed by atoms with E-state index in [4.69, 9.17) is 4.74 Å². The third kappa shape index (κ3) is 3.64. The minimum Gasteiger partial charge on any atom is -0.497 e. The summed E-state index contributed by atoms with van der Waals surface area (Å²) < 4.78 is 5.16. The summed E-state index contributed by atoms with van der Waals surface area (Å²) in [5, 5.41) is 12.4. The Labute approximate surface area is 146 Å². The average Bonchev–Trinajstić information content (AvgIpc) is 2.95. The molecule has 1 aliphatic heterocycles. The largest absolute Gasteiger partial charge is 0.497 e. The third-order valence-corrected chi connectivity index (χ3v) is 4.24. The first-order valence-corrected chi connectivity index (χ1v) is 8.03. The Morgan fingerprint density at radius 3 is 2.80 bits per heavy atom. The summed E-state index contributed by atoms with van der Waals surface area (Å²) in [5.74, 6) is 0.186. The zero-order chi connectivity index (χ0) is 17.8. The summed E-state index contributed by atoms with van der Waals surface area (Å²) in [6.07, 6.45) is 0. The maximum atomic E-state index is 12.3. The van der Waals surface area contributed by atoms with E-state index in [0.717, 1.165) is 11.1 Å². The number of benzene rings is 2. The number of rotatable bonds is 6. The number of amides is 2. The topological polar surface area (TPSA) is 78.9 Å². The van der Waals surface area contributed by atoms with Crippen molar-refractivity contribution in [2.45, 2.75) is 12.6 Å². The molecule has 0 aliphatic carbocycles. The van der Waals surface area contributed by atoms with Gasteiger partial charge >= 0.3 is 0 Å².